The van der Waals surface area contributed by atoms with Gasteiger partial charge in [-0.05, 0) is 54.1 Å². The molecule has 0 fully saturated rings. The van der Waals surface area contributed by atoms with Crippen molar-refractivity contribution in [1.29, 1.82) is 0 Å². The molecule has 0 spiro atoms. The summed E-state index contributed by atoms with van der Waals surface area (Å²) >= 11 is 0. The average molecular weight is 447 g/mol. The van der Waals surface area contributed by atoms with Gasteiger partial charge in [0.1, 0.15) is 11.5 Å². The molecule has 0 radical (unpaired) electrons. The second kappa shape index (κ2) is 9.12. The topological polar surface area (TPSA) is 84.3 Å². The zero-order valence-corrected chi connectivity index (χ0v) is 18.9. The smallest absolute Gasteiger partial charge is 0.278 e. The van der Waals surface area contributed by atoms with E-state index in [2.05, 4.69) is 5.32 Å². The van der Waals surface area contributed by atoms with Crippen LogP contribution < -0.4 is 19.7 Å². The first-order chi connectivity index (χ1) is 15.9. The Kier molecular flexibility index (Phi) is 6.08. The Balaban J connectivity index is 1.76. The van der Waals surface area contributed by atoms with Crippen molar-refractivity contribution in [3.63, 3.8) is 0 Å². The van der Waals surface area contributed by atoms with Crippen molar-refractivity contribution in [2.24, 2.45) is 0 Å². The molecule has 2 amide bonds. The van der Waals surface area contributed by atoms with Gasteiger partial charge in [-0.2, -0.15) is 0 Å². The number of carbonyl (C=O) groups excluding carboxylic acids is 2. The lowest BCUT2D eigenvalue weighted by molar-refractivity contribution is -0.137. The highest BCUT2D eigenvalue weighted by atomic mass is 16.5. The average Bonchev–Trinajstić information content (AvgIpc) is 3.42. The standard InChI is InChI=1S/C25H25N3O5/c1-27(2)18-10-8-17(9-11-18)26-23-22(16-7-12-20(31-3)21(14-16)32-4)24(29)28(25(23)30)15-19-6-5-13-33-19/h5-14,26H,15H2,1-4H3. The van der Waals surface area contributed by atoms with Gasteiger partial charge in [0, 0.05) is 25.5 Å². The van der Waals surface area contributed by atoms with Gasteiger partial charge in [0.25, 0.3) is 11.8 Å². The third-order valence-corrected chi connectivity index (χ3v) is 5.39. The molecule has 3 aromatic rings. The van der Waals surface area contributed by atoms with Gasteiger partial charge in [0.15, 0.2) is 11.5 Å². The van der Waals surface area contributed by atoms with Crippen molar-refractivity contribution in [3.05, 3.63) is 77.9 Å². The number of amides is 2. The summed E-state index contributed by atoms with van der Waals surface area (Å²) in [5.41, 5.74) is 2.69. The molecule has 0 saturated carbocycles. The van der Waals surface area contributed by atoms with Crippen molar-refractivity contribution in [1.82, 2.24) is 4.90 Å². The summed E-state index contributed by atoms with van der Waals surface area (Å²) in [5, 5.41) is 3.16. The highest BCUT2D eigenvalue weighted by Gasteiger charge is 2.40. The number of imide groups is 1. The van der Waals surface area contributed by atoms with Gasteiger partial charge in [0.2, 0.25) is 0 Å². The van der Waals surface area contributed by atoms with Gasteiger partial charge >= 0.3 is 0 Å². The van der Waals surface area contributed by atoms with Crippen LogP contribution in [0.1, 0.15) is 11.3 Å². The molecule has 2 heterocycles. The molecule has 4 rings (SSSR count). The van der Waals surface area contributed by atoms with E-state index in [-0.39, 0.29) is 17.8 Å². The van der Waals surface area contributed by atoms with E-state index in [4.69, 9.17) is 13.9 Å². The molecule has 0 saturated heterocycles. The van der Waals surface area contributed by atoms with E-state index < -0.39 is 11.8 Å². The summed E-state index contributed by atoms with van der Waals surface area (Å²) in [7, 11) is 6.96. The minimum Gasteiger partial charge on any atom is -0.493 e. The number of carbonyl (C=O) groups is 2. The Bertz CT molecular complexity index is 1200. The van der Waals surface area contributed by atoms with Crippen molar-refractivity contribution in [3.8, 4) is 11.5 Å². The molecule has 1 aliphatic rings. The van der Waals surface area contributed by atoms with Crippen LogP contribution in [0.15, 0.2) is 71.0 Å². The lowest BCUT2D eigenvalue weighted by Crippen LogP contribution is -2.31. The van der Waals surface area contributed by atoms with Gasteiger partial charge < -0.3 is 24.1 Å². The molecule has 2 aromatic carbocycles. The highest BCUT2D eigenvalue weighted by molar-refractivity contribution is 6.36. The van der Waals surface area contributed by atoms with Crippen LogP contribution in [-0.4, -0.2) is 45.0 Å². The molecule has 170 valence electrons. The van der Waals surface area contributed by atoms with Crippen LogP contribution in [0.3, 0.4) is 0 Å². The summed E-state index contributed by atoms with van der Waals surface area (Å²) < 4.78 is 16.1. The molecule has 8 nitrogen and oxygen atoms in total. The number of benzene rings is 2. The molecule has 8 heteroatoms. The zero-order valence-electron chi connectivity index (χ0n) is 18.9. The maximum atomic E-state index is 13.4. The van der Waals surface area contributed by atoms with E-state index in [1.807, 2.05) is 43.3 Å². The molecular formula is C25H25N3O5. The number of anilines is 2. The largest absolute Gasteiger partial charge is 0.493 e. The Morgan fingerprint density at radius 1 is 0.939 bits per heavy atom. The highest BCUT2D eigenvalue weighted by Crippen LogP contribution is 2.36. The molecule has 1 N–H and O–H groups in total. The number of nitrogens with one attached hydrogen (secondary N) is 1. The number of hydrogen-bond donors (Lipinski definition) is 1. The van der Waals surface area contributed by atoms with E-state index in [9.17, 15) is 9.59 Å². The van der Waals surface area contributed by atoms with E-state index >= 15 is 0 Å². The number of rotatable bonds is 8. The Morgan fingerprint density at radius 2 is 1.67 bits per heavy atom. The monoisotopic (exact) mass is 447 g/mol. The van der Waals surface area contributed by atoms with Crippen LogP contribution in [0, 0.1) is 0 Å². The van der Waals surface area contributed by atoms with Crippen molar-refractivity contribution >= 4 is 28.8 Å². The summed E-state index contributed by atoms with van der Waals surface area (Å²) in [4.78, 5) is 29.9. The Hall–Kier alpha value is -4.20. The van der Waals surface area contributed by atoms with Crippen LogP contribution in [0.2, 0.25) is 0 Å². The molecule has 33 heavy (non-hydrogen) atoms. The predicted octanol–water partition coefficient (Wildman–Crippen LogP) is 3.76. The Labute approximate surface area is 192 Å². The zero-order chi connectivity index (χ0) is 23.5. The normalized spacial score (nSPS) is 13.5. The number of furan rings is 1. The van der Waals surface area contributed by atoms with E-state index in [0.29, 0.717) is 28.5 Å². The maximum Gasteiger partial charge on any atom is 0.278 e. The quantitative estimate of drug-likeness (QED) is 0.527. The predicted molar refractivity (Wildman–Crippen MR) is 125 cm³/mol. The van der Waals surface area contributed by atoms with Crippen LogP contribution in [0.5, 0.6) is 11.5 Å². The molecule has 0 atom stereocenters. The van der Waals surface area contributed by atoms with Gasteiger partial charge in [-0.25, -0.2) is 0 Å². The number of hydrogen-bond acceptors (Lipinski definition) is 7. The van der Waals surface area contributed by atoms with Gasteiger partial charge in [-0.1, -0.05) is 6.07 Å². The van der Waals surface area contributed by atoms with E-state index in [1.165, 1.54) is 25.4 Å². The third kappa shape index (κ3) is 4.27. The molecule has 1 aliphatic heterocycles. The summed E-state index contributed by atoms with van der Waals surface area (Å²) in [6.07, 6.45) is 1.51. The SMILES string of the molecule is COc1ccc(C2=C(Nc3ccc(N(C)C)cc3)C(=O)N(Cc3ccco3)C2=O)cc1OC. The van der Waals surface area contributed by atoms with Crippen molar-refractivity contribution in [2.45, 2.75) is 6.54 Å². The van der Waals surface area contributed by atoms with Crippen LogP contribution in [-0.2, 0) is 16.1 Å². The fraction of sp³-hybridized carbons (Fsp3) is 0.200. The molecule has 0 unspecified atom stereocenters. The number of methoxy groups -OCH3 is 2. The number of ether oxygens (including phenoxy) is 2. The summed E-state index contributed by atoms with van der Waals surface area (Å²) in [6, 6.07) is 16.2. The molecule has 1 aromatic heterocycles. The first-order valence-corrected chi connectivity index (χ1v) is 10.3. The van der Waals surface area contributed by atoms with E-state index in [1.54, 1.807) is 30.3 Å². The molecule has 0 bridgehead atoms. The summed E-state index contributed by atoms with van der Waals surface area (Å²) in [6.45, 7) is 0.0339. The maximum absolute atomic E-state index is 13.4. The minimum atomic E-state index is -0.433. The molecule has 0 aliphatic carbocycles. The second-order valence-electron chi connectivity index (χ2n) is 7.66. The fourth-order valence-electron chi connectivity index (χ4n) is 3.64. The van der Waals surface area contributed by atoms with Gasteiger partial charge in [0.05, 0.1) is 32.6 Å². The van der Waals surface area contributed by atoms with Crippen LogP contribution in [0.4, 0.5) is 11.4 Å². The van der Waals surface area contributed by atoms with E-state index in [0.717, 1.165) is 5.69 Å². The Morgan fingerprint density at radius 3 is 2.27 bits per heavy atom. The third-order valence-electron chi connectivity index (χ3n) is 5.39. The lowest BCUT2D eigenvalue weighted by Gasteiger charge is -2.15. The summed E-state index contributed by atoms with van der Waals surface area (Å²) in [5.74, 6) is 0.649. The minimum absolute atomic E-state index is 0.0339. The second-order valence-corrected chi connectivity index (χ2v) is 7.66. The van der Waals surface area contributed by atoms with Gasteiger partial charge in [-0.3, -0.25) is 14.5 Å². The van der Waals surface area contributed by atoms with Crippen molar-refractivity contribution < 1.29 is 23.5 Å². The van der Waals surface area contributed by atoms with Crippen molar-refractivity contribution in [2.75, 3.05) is 38.5 Å². The number of nitrogens with zero attached hydrogens (tertiary/aromatic N) is 2. The fourth-order valence-corrected chi connectivity index (χ4v) is 3.64. The van der Waals surface area contributed by atoms with Crippen LogP contribution >= 0.6 is 0 Å². The van der Waals surface area contributed by atoms with Gasteiger partial charge in [-0.15, -0.1) is 0 Å². The van der Waals surface area contributed by atoms with Crippen LogP contribution in [0.25, 0.3) is 5.57 Å². The first kappa shape index (κ1) is 22.0. The lowest BCUT2D eigenvalue weighted by atomic mass is 10.0. The first-order valence-electron chi connectivity index (χ1n) is 10.3. The molecular weight excluding hydrogens is 422 g/mol.